The van der Waals surface area contributed by atoms with Crippen molar-refractivity contribution >= 4 is 29.9 Å². The zero-order valence-corrected chi connectivity index (χ0v) is 13.2. The lowest BCUT2D eigenvalue weighted by atomic mass is 10.0. The van der Waals surface area contributed by atoms with E-state index in [-0.39, 0.29) is 41.4 Å². The maximum atomic E-state index is 13.6. The predicted molar refractivity (Wildman–Crippen MR) is 82.8 cm³/mol. The molecule has 0 aromatic heterocycles. The third-order valence-electron chi connectivity index (χ3n) is 2.80. The summed E-state index contributed by atoms with van der Waals surface area (Å²) in [5.74, 6) is -0.287. The van der Waals surface area contributed by atoms with Gasteiger partial charge in [-0.05, 0) is 24.5 Å². The van der Waals surface area contributed by atoms with Crippen LogP contribution in [-0.4, -0.2) is 18.5 Å². The highest BCUT2D eigenvalue weighted by molar-refractivity contribution is 6.31. The Morgan fingerprint density at radius 3 is 2.60 bits per heavy atom. The molecule has 1 amide bonds. The Morgan fingerprint density at radius 1 is 1.45 bits per heavy atom. The number of carbonyl (C=O) groups is 1. The molecule has 0 fully saturated rings. The molecule has 20 heavy (non-hydrogen) atoms. The summed E-state index contributed by atoms with van der Waals surface area (Å²) in [6, 6.07) is 4.30. The molecule has 0 saturated carbocycles. The SMILES string of the molecule is CC(C)CC(CN)NC(=O)Cc1c(F)cccc1Cl.Cl. The van der Waals surface area contributed by atoms with Crippen molar-refractivity contribution < 1.29 is 9.18 Å². The van der Waals surface area contributed by atoms with Crippen LogP contribution in [0.4, 0.5) is 4.39 Å². The van der Waals surface area contributed by atoms with Gasteiger partial charge in [0.1, 0.15) is 5.82 Å². The van der Waals surface area contributed by atoms with Crippen molar-refractivity contribution in [2.75, 3.05) is 6.54 Å². The molecule has 0 aliphatic rings. The first-order chi connectivity index (χ1) is 8.93. The average Bonchev–Trinajstić information content (AvgIpc) is 2.32. The topological polar surface area (TPSA) is 55.1 Å². The monoisotopic (exact) mass is 322 g/mol. The third-order valence-corrected chi connectivity index (χ3v) is 3.16. The van der Waals surface area contributed by atoms with E-state index >= 15 is 0 Å². The van der Waals surface area contributed by atoms with Gasteiger partial charge in [-0.3, -0.25) is 4.79 Å². The maximum absolute atomic E-state index is 13.6. The average molecular weight is 323 g/mol. The number of nitrogens with two attached hydrogens (primary N) is 1. The Morgan fingerprint density at radius 2 is 2.10 bits per heavy atom. The second kappa shape index (κ2) is 9.16. The molecule has 1 unspecified atom stereocenters. The molecular weight excluding hydrogens is 302 g/mol. The molecule has 1 aromatic carbocycles. The molecule has 0 aliphatic heterocycles. The van der Waals surface area contributed by atoms with Crippen molar-refractivity contribution in [3.8, 4) is 0 Å². The Hall–Kier alpha value is -0.840. The number of halogens is 3. The second-order valence-electron chi connectivity index (χ2n) is 5.01. The summed E-state index contributed by atoms with van der Waals surface area (Å²) in [4.78, 5) is 11.9. The van der Waals surface area contributed by atoms with Gasteiger partial charge in [-0.15, -0.1) is 12.4 Å². The van der Waals surface area contributed by atoms with Gasteiger partial charge in [0, 0.05) is 23.2 Å². The molecule has 0 saturated heterocycles. The van der Waals surface area contributed by atoms with Crippen LogP contribution in [0.3, 0.4) is 0 Å². The quantitative estimate of drug-likeness (QED) is 0.846. The van der Waals surface area contributed by atoms with Crippen LogP contribution in [0.25, 0.3) is 0 Å². The fraction of sp³-hybridized carbons (Fsp3) is 0.500. The van der Waals surface area contributed by atoms with Crippen LogP contribution in [0.2, 0.25) is 5.02 Å². The lowest BCUT2D eigenvalue weighted by Crippen LogP contribution is -2.41. The van der Waals surface area contributed by atoms with Gasteiger partial charge in [-0.2, -0.15) is 0 Å². The molecule has 0 spiro atoms. The lowest BCUT2D eigenvalue weighted by molar-refractivity contribution is -0.121. The summed E-state index contributed by atoms with van der Waals surface area (Å²) in [5, 5.41) is 3.08. The van der Waals surface area contributed by atoms with Crippen molar-refractivity contribution in [1.82, 2.24) is 5.32 Å². The normalized spacial score (nSPS) is 11.9. The summed E-state index contributed by atoms with van der Waals surface area (Å²) in [5.41, 5.74) is 5.83. The fourth-order valence-corrected chi connectivity index (χ4v) is 2.15. The lowest BCUT2D eigenvalue weighted by Gasteiger charge is -2.19. The highest BCUT2D eigenvalue weighted by atomic mass is 35.5. The molecule has 3 N–H and O–H groups in total. The number of amides is 1. The standard InChI is InChI=1S/C14H20ClFN2O.ClH/c1-9(2)6-10(8-17)18-14(19)7-11-12(15)4-3-5-13(11)16;/h3-5,9-10H,6-8,17H2,1-2H3,(H,18,19);1H. The van der Waals surface area contributed by atoms with Crippen LogP contribution < -0.4 is 11.1 Å². The number of benzene rings is 1. The minimum absolute atomic E-state index is 0. The molecular formula is C14H21Cl2FN2O. The highest BCUT2D eigenvalue weighted by Crippen LogP contribution is 2.19. The second-order valence-corrected chi connectivity index (χ2v) is 5.41. The number of rotatable bonds is 6. The molecule has 1 rings (SSSR count). The van der Waals surface area contributed by atoms with Crippen molar-refractivity contribution in [2.45, 2.75) is 32.7 Å². The first kappa shape index (κ1) is 19.2. The molecule has 0 bridgehead atoms. The predicted octanol–water partition coefficient (Wildman–Crippen LogP) is 2.93. The van der Waals surface area contributed by atoms with Crippen LogP contribution in [0.1, 0.15) is 25.8 Å². The van der Waals surface area contributed by atoms with E-state index in [0.717, 1.165) is 6.42 Å². The molecule has 0 radical (unpaired) electrons. The van der Waals surface area contributed by atoms with Crippen LogP contribution in [0, 0.1) is 11.7 Å². The largest absolute Gasteiger partial charge is 0.352 e. The maximum Gasteiger partial charge on any atom is 0.224 e. The molecule has 1 aromatic rings. The highest BCUT2D eigenvalue weighted by Gasteiger charge is 2.15. The Kier molecular flexibility index (Phi) is 8.78. The summed E-state index contributed by atoms with van der Waals surface area (Å²) < 4.78 is 13.6. The first-order valence-electron chi connectivity index (χ1n) is 6.36. The molecule has 1 atom stereocenters. The molecule has 3 nitrogen and oxygen atoms in total. The van der Waals surface area contributed by atoms with Crippen LogP contribution in [0.5, 0.6) is 0 Å². The minimum Gasteiger partial charge on any atom is -0.352 e. The first-order valence-corrected chi connectivity index (χ1v) is 6.74. The van der Waals surface area contributed by atoms with Gasteiger partial charge in [0.15, 0.2) is 0 Å². The molecule has 114 valence electrons. The zero-order chi connectivity index (χ0) is 14.4. The van der Waals surface area contributed by atoms with Crippen molar-refractivity contribution in [3.63, 3.8) is 0 Å². The molecule has 0 aliphatic carbocycles. The fourth-order valence-electron chi connectivity index (χ4n) is 1.92. The number of hydrogen-bond acceptors (Lipinski definition) is 2. The number of nitrogens with one attached hydrogen (secondary N) is 1. The zero-order valence-electron chi connectivity index (χ0n) is 11.7. The number of carbonyl (C=O) groups excluding carboxylic acids is 1. The van der Waals surface area contributed by atoms with E-state index < -0.39 is 5.82 Å². The van der Waals surface area contributed by atoms with E-state index in [1.165, 1.54) is 12.1 Å². The van der Waals surface area contributed by atoms with Gasteiger partial charge >= 0.3 is 0 Å². The number of hydrogen-bond donors (Lipinski definition) is 2. The van der Waals surface area contributed by atoms with Gasteiger partial charge < -0.3 is 11.1 Å². The van der Waals surface area contributed by atoms with Crippen LogP contribution >= 0.6 is 24.0 Å². The van der Waals surface area contributed by atoms with E-state index in [1.807, 2.05) is 0 Å². The smallest absolute Gasteiger partial charge is 0.224 e. The van der Waals surface area contributed by atoms with E-state index in [0.29, 0.717) is 12.5 Å². The summed E-state index contributed by atoms with van der Waals surface area (Å²) in [7, 11) is 0. The Labute approximate surface area is 130 Å². The van der Waals surface area contributed by atoms with E-state index in [4.69, 9.17) is 17.3 Å². The van der Waals surface area contributed by atoms with Crippen molar-refractivity contribution in [1.29, 1.82) is 0 Å². The van der Waals surface area contributed by atoms with E-state index in [1.54, 1.807) is 6.07 Å². The van der Waals surface area contributed by atoms with Crippen LogP contribution in [-0.2, 0) is 11.2 Å². The third kappa shape index (κ3) is 6.07. The summed E-state index contributed by atoms with van der Waals surface area (Å²) in [6.07, 6.45) is 0.730. The summed E-state index contributed by atoms with van der Waals surface area (Å²) in [6.45, 7) is 4.49. The van der Waals surface area contributed by atoms with Gasteiger partial charge in [0.2, 0.25) is 5.91 Å². The van der Waals surface area contributed by atoms with Crippen LogP contribution in [0.15, 0.2) is 18.2 Å². The van der Waals surface area contributed by atoms with Gasteiger partial charge in [-0.25, -0.2) is 4.39 Å². The molecule has 0 heterocycles. The Balaban J connectivity index is 0.00000361. The van der Waals surface area contributed by atoms with Gasteiger partial charge in [0.05, 0.1) is 6.42 Å². The van der Waals surface area contributed by atoms with Crippen molar-refractivity contribution in [2.24, 2.45) is 11.7 Å². The molecule has 6 heteroatoms. The summed E-state index contributed by atoms with van der Waals surface area (Å²) >= 11 is 5.88. The van der Waals surface area contributed by atoms with E-state index in [2.05, 4.69) is 19.2 Å². The van der Waals surface area contributed by atoms with Gasteiger partial charge in [0.25, 0.3) is 0 Å². The Bertz CT molecular complexity index is 421. The van der Waals surface area contributed by atoms with E-state index in [9.17, 15) is 9.18 Å². The van der Waals surface area contributed by atoms with Crippen molar-refractivity contribution in [3.05, 3.63) is 34.6 Å². The minimum atomic E-state index is -0.462. The van der Waals surface area contributed by atoms with Gasteiger partial charge in [-0.1, -0.05) is 31.5 Å².